The summed E-state index contributed by atoms with van der Waals surface area (Å²) >= 11 is 1.38. The summed E-state index contributed by atoms with van der Waals surface area (Å²) in [6, 6.07) is 8.32. The van der Waals surface area contributed by atoms with E-state index in [9.17, 15) is 10.1 Å². The predicted octanol–water partition coefficient (Wildman–Crippen LogP) is 2.78. The Kier molecular flexibility index (Phi) is 3.12. The molecule has 0 radical (unpaired) electrons. The molecule has 0 aliphatic carbocycles. The van der Waals surface area contributed by atoms with Crippen LogP contribution >= 0.6 is 11.3 Å². The van der Waals surface area contributed by atoms with E-state index >= 15 is 0 Å². The highest BCUT2D eigenvalue weighted by Crippen LogP contribution is 2.26. The second-order valence-electron chi connectivity index (χ2n) is 3.29. The first kappa shape index (κ1) is 11.2. The zero-order valence-electron chi connectivity index (χ0n) is 8.66. The fourth-order valence-electron chi connectivity index (χ4n) is 1.35. The summed E-state index contributed by atoms with van der Waals surface area (Å²) in [6.07, 6.45) is 0.255. The topological polar surface area (TPSA) is 79.8 Å². The Morgan fingerprint density at radius 1 is 1.53 bits per heavy atom. The van der Waals surface area contributed by atoms with Crippen molar-refractivity contribution in [3.8, 4) is 16.6 Å². The van der Waals surface area contributed by atoms with E-state index in [0.29, 0.717) is 16.3 Å². The molecular formula is C11H7N3O2S. The monoisotopic (exact) mass is 245 g/mol. The SMILES string of the molecule is N#CCc1csc(-c2cccc([N+](=O)[O-])c2)n1. The molecule has 84 valence electrons. The van der Waals surface area contributed by atoms with Crippen LogP contribution in [0.15, 0.2) is 29.6 Å². The molecule has 0 saturated carbocycles. The minimum atomic E-state index is -0.437. The van der Waals surface area contributed by atoms with Crippen LogP contribution in [0.3, 0.4) is 0 Å². The van der Waals surface area contributed by atoms with E-state index in [-0.39, 0.29) is 12.1 Å². The fraction of sp³-hybridized carbons (Fsp3) is 0.0909. The normalized spacial score (nSPS) is 9.82. The summed E-state index contributed by atoms with van der Waals surface area (Å²) in [7, 11) is 0. The lowest BCUT2D eigenvalue weighted by molar-refractivity contribution is -0.384. The number of aromatic nitrogens is 1. The van der Waals surface area contributed by atoms with Gasteiger partial charge < -0.3 is 0 Å². The van der Waals surface area contributed by atoms with Crippen LogP contribution in [0.4, 0.5) is 5.69 Å². The number of nitro groups is 1. The second kappa shape index (κ2) is 4.72. The van der Waals surface area contributed by atoms with Gasteiger partial charge in [0.25, 0.3) is 5.69 Å². The van der Waals surface area contributed by atoms with Crippen molar-refractivity contribution in [3.63, 3.8) is 0 Å². The molecule has 0 bridgehead atoms. The van der Waals surface area contributed by atoms with Gasteiger partial charge in [0.1, 0.15) is 5.01 Å². The van der Waals surface area contributed by atoms with Crippen LogP contribution in [0, 0.1) is 21.4 Å². The van der Waals surface area contributed by atoms with Gasteiger partial charge in [0, 0.05) is 23.1 Å². The van der Waals surface area contributed by atoms with Gasteiger partial charge >= 0.3 is 0 Å². The molecule has 1 aromatic carbocycles. The first-order valence-electron chi connectivity index (χ1n) is 4.77. The molecule has 0 unspecified atom stereocenters. The fourth-order valence-corrected chi connectivity index (χ4v) is 2.17. The van der Waals surface area contributed by atoms with E-state index in [1.807, 2.05) is 6.07 Å². The van der Waals surface area contributed by atoms with Crippen LogP contribution in [-0.2, 0) is 6.42 Å². The Hall–Kier alpha value is -2.26. The van der Waals surface area contributed by atoms with Crippen LogP contribution in [-0.4, -0.2) is 9.91 Å². The van der Waals surface area contributed by atoms with Crippen LogP contribution in [0.5, 0.6) is 0 Å². The van der Waals surface area contributed by atoms with Gasteiger partial charge in [-0.3, -0.25) is 10.1 Å². The molecule has 0 saturated heterocycles. The van der Waals surface area contributed by atoms with E-state index in [1.54, 1.807) is 17.5 Å². The van der Waals surface area contributed by atoms with Crippen molar-refractivity contribution in [2.24, 2.45) is 0 Å². The number of thiazole rings is 1. The Morgan fingerprint density at radius 3 is 3.06 bits per heavy atom. The Balaban J connectivity index is 2.36. The number of nitro benzene ring substituents is 1. The first-order valence-corrected chi connectivity index (χ1v) is 5.65. The molecular weight excluding hydrogens is 238 g/mol. The number of hydrogen-bond donors (Lipinski definition) is 0. The number of nitriles is 1. The number of hydrogen-bond acceptors (Lipinski definition) is 5. The van der Waals surface area contributed by atoms with Gasteiger partial charge in [0.15, 0.2) is 0 Å². The zero-order chi connectivity index (χ0) is 12.3. The summed E-state index contributed by atoms with van der Waals surface area (Å²) in [5.74, 6) is 0. The molecule has 5 nitrogen and oxygen atoms in total. The molecule has 1 aromatic heterocycles. The first-order chi connectivity index (χ1) is 8.20. The maximum absolute atomic E-state index is 10.6. The summed E-state index contributed by atoms with van der Waals surface area (Å²) < 4.78 is 0. The van der Waals surface area contributed by atoms with Gasteiger partial charge in [0.2, 0.25) is 0 Å². The number of nitrogens with zero attached hydrogens (tertiary/aromatic N) is 3. The standard InChI is InChI=1S/C11H7N3O2S/c12-5-4-9-7-17-11(13-9)8-2-1-3-10(6-8)14(15)16/h1-3,6-7H,4H2. The number of benzene rings is 1. The van der Waals surface area contributed by atoms with Crippen LogP contribution in [0.1, 0.15) is 5.69 Å². The van der Waals surface area contributed by atoms with Gasteiger partial charge in [-0.15, -0.1) is 11.3 Å². The summed E-state index contributed by atoms with van der Waals surface area (Å²) in [4.78, 5) is 14.4. The lowest BCUT2D eigenvalue weighted by atomic mass is 10.2. The van der Waals surface area contributed by atoms with E-state index in [4.69, 9.17) is 5.26 Å². The Morgan fingerprint density at radius 2 is 2.35 bits per heavy atom. The van der Waals surface area contributed by atoms with Gasteiger partial charge in [-0.05, 0) is 0 Å². The molecule has 0 amide bonds. The van der Waals surface area contributed by atoms with Gasteiger partial charge in [0.05, 0.1) is 23.1 Å². The van der Waals surface area contributed by atoms with Crippen LogP contribution < -0.4 is 0 Å². The van der Waals surface area contributed by atoms with Crippen molar-refractivity contribution in [1.82, 2.24) is 4.98 Å². The van der Waals surface area contributed by atoms with Gasteiger partial charge in [-0.1, -0.05) is 12.1 Å². The lowest BCUT2D eigenvalue weighted by Crippen LogP contribution is -1.88. The Labute approximate surface area is 101 Å². The van der Waals surface area contributed by atoms with Crippen molar-refractivity contribution in [2.45, 2.75) is 6.42 Å². The maximum atomic E-state index is 10.6. The molecule has 0 fully saturated rings. The van der Waals surface area contributed by atoms with Gasteiger partial charge in [-0.25, -0.2) is 4.98 Å². The molecule has 6 heteroatoms. The van der Waals surface area contributed by atoms with E-state index in [2.05, 4.69) is 4.98 Å². The minimum absolute atomic E-state index is 0.0412. The zero-order valence-corrected chi connectivity index (χ0v) is 9.48. The Bertz CT molecular complexity index is 601. The van der Waals surface area contributed by atoms with E-state index < -0.39 is 4.92 Å². The summed E-state index contributed by atoms with van der Waals surface area (Å²) in [5, 5.41) is 21.7. The maximum Gasteiger partial charge on any atom is 0.270 e. The van der Waals surface area contributed by atoms with Crippen molar-refractivity contribution in [1.29, 1.82) is 5.26 Å². The summed E-state index contributed by atoms with van der Waals surface area (Å²) in [5.41, 5.74) is 1.44. The van der Waals surface area contributed by atoms with E-state index in [1.165, 1.54) is 23.5 Å². The second-order valence-corrected chi connectivity index (χ2v) is 4.14. The van der Waals surface area contributed by atoms with Crippen molar-refractivity contribution < 1.29 is 4.92 Å². The molecule has 17 heavy (non-hydrogen) atoms. The molecule has 1 heterocycles. The third kappa shape index (κ3) is 2.46. The quantitative estimate of drug-likeness (QED) is 0.615. The third-order valence-electron chi connectivity index (χ3n) is 2.12. The third-order valence-corrected chi connectivity index (χ3v) is 3.06. The number of rotatable bonds is 3. The molecule has 2 aromatic rings. The lowest BCUT2D eigenvalue weighted by Gasteiger charge is -1.95. The van der Waals surface area contributed by atoms with E-state index in [0.717, 1.165) is 0 Å². The minimum Gasteiger partial charge on any atom is -0.258 e. The van der Waals surface area contributed by atoms with Crippen molar-refractivity contribution >= 4 is 17.0 Å². The molecule has 0 spiro atoms. The molecule has 2 rings (SSSR count). The average Bonchev–Trinajstić information content (AvgIpc) is 2.78. The highest BCUT2D eigenvalue weighted by atomic mass is 32.1. The van der Waals surface area contributed by atoms with Gasteiger partial charge in [-0.2, -0.15) is 5.26 Å². The highest BCUT2D eigenvalue weighted by Gasteiger charge is 2.09. The molecule has 0 atom stereocenters. The predicted molar refractivity (Wildman–Crippen MR) is 63.5 cm³/mol. The van der Waals surface area contributed by atoms with Crippen molar-refractivity contribution in [3.05, 3.63) is 45.5 Å². The molecule has 0 aliphatic heterocycles. The average molecular weight is 245 g/mol. The summed E-state index contributed by atoms with van der Waals surface area (Å²) in [6.45, 7) is 0. The molecule has 0 aliphatic rings. The van der Waals surface area contributed by atoms with Crippen LogP contribution in [0.25, 0.3) is 10.6 Å². The van der Waals surface area contributed by atoms with Crippen molar-refractivity contribution in [2.75, 3.05) is 0 Å². The van der Waals surface area contributed by atoms with Crippen LogP contribution in [0.2, 0.25) is 0 Å². The molecule has 0 N–H and O–H groups in total. The largest absolute Gasteiger partial charge is 0.270 e. The number of non-ortho nitro benzene ring substituents is 1. The highest BCUT2D eigenvalue weighted by molar-refractivity contribution is 7.13. The smallest absolute Gasteiger partial charge is 0.258 e.